The lowest BCUT2D eigenvalue weighted by atomic mass is 9.88. The average molecular weight is 545 g/mol. The first-order valence-corrected chi connectivity index (χ1v) is 13.9. The summed E-state index contributed by atoms with van der Waals surface area (Å²) >= 11 is 0. The van der Waals surface area contributed by atoms with Gasteiger partial charge in [-0.15, -0.1) is 0 Å². The van der Waals surface area contributed by atoms with Crippen molar-refractivity contribution in [1.29, 1.82) is 0 Å². The lowest BCUT2D eigenvalue weighted by Crippen LogP contribution is -2.38. The number of nitrogens with one attached hydrogen (secondary N) is 3. The van der Waals surface area contributed by atoms with Gasteiger partial charge in [0.2, 0.25) is 11.8 Å². The van der Waals surface area contributed by atoms with Crippen molar-refractivity contribution in [2.75, 3.05) is 33.2 Å². The van der Waals surface area contributed by atoms with Gasteiger partial charge in [-0.1, -0.05) is 18.2 Å². The zero-order valence-corrected chi connectivity index (χ0v) is 23.2. The molecule has 2 unspecified atom stereocenters. The molecule has 0 amide bonds. The number of para-hydroxylation sites is 1. The van der Waals surface area contributed by atoms with Crippen LogP contribution in [0.25, 0.3) is 22.3 Å². The van der Waals surface area contributed by atoms with Gasteiger partial charge in [0, 0.05) is 18.4 Å². The van der Waals surface area contributed by atoms with Crippen molar-refractivity contribution in [3.05, 3.63) is 48.0 Å². The van der Waals surface area contributed by atoms with Gasteiger partial charge in [-0.05, 0) is 80.8 Å². The maximum Gasteiger partial charge on any atom is 0.232 e. The summed E-state index contributed by atoms with van der Waals surface area (Å²) < 4.78 is 23.1. The second kappa shape index (κ2) is 11.7. The summed E-state index contributed by atoms with van der Waals surface area (Å²) in [6.07, 6.45) is 6.43. The maximum atomic E-state index is 6.53. The van der Waals surface area contributed by atoms with Crippen molar-refractivity contribution < 1.29 is 18.9 Å². The third-order valence-electron chi connectivity index (χ3n) is 7.93. The molecule has 0 bridgehead atoms. The second-order valence-electron chi connectivity index (χ2n) is 10.4. The molecule has 1 saturated carbocycles. The molecule has 0 radical (unpaired) electrons. The third-order valence-corrected chi connectivity index (χ3v) is 7.93. The van der Waals surface area contributed by atoms with Crippen LogP contribution in [-0.4, -0.2) is 60.4 Å². The molecular formula is C30H36N6O4. The van der Waals surface area contributed by atoms with Gasteiger partial charge in [0.15, 0.2) is 17.1 Å². The van der Waals surface area contributed by atoms with E-state index in [2.05, 4.69) is 39.0 Å². The number of hydrogen-bond donors (Lipinski definition) is 3. The number of piperidine rings is 1. The second-order valence-corrected chi connectivity index (χ2v) is 10.4. The Balaban J connectivity index is 1.38. The van der Waals surface area contributed by atoms with Crippen LogP contribution in [0, 0.1) is 0 Å². The summed E-state index contributed by atoms with van der Waals surface area (Å²) in [6, 6.07) is 14.1. The number of hydrogen-bond acceptors (Lipinski definition) is 9. The minimum Gasteiger partial charge on any atom is -0.493 e. The van der Waals surface area contributed by atoms with E-state index in [9.17, 15) is 0 Å². The number of rotatable bonds is 9. The predicted octanol–water partition coefficient (Wildman–Crippen LogP) is 5.54. The molecule has 40 heavy (non-hydrogen) atoms. The summed E-state index contributed by atoms with van der Waals surface area (Å²) in [5.74, 6) is 2.62. The highest BCUT2D eigenvalue weighted by Gasteiger charge is 2.26. The summed E-state index contributed by atoms with van der Waals surface area (Å²) in [7, 11) is 5.00. The molecule has 1 saturated heterocycles. The van der Waals surface area contributed by atoms with E-state index in [1.54, 1.807) is 21.3 Å². The molecule has 6 rings (SSSR count). The summed E-state index contributed by atoms with van der Waals surface area (Å²) in [5, 5.41) is 15.4. The van der Waals surface area contributed by atoms with Crippen molar-refractivity contribution in [2.45, 2.75) is 56.8 Å². The lowest BCUT2D eigenvalue weighted by molar-refractivity contribution is 0.0454. The minimum atomic E-state index is 0.0462. The van der Waals surface area contributed by atoms with Crippen molar-refractivity contribution in [3.63, 3.8) is 0 Å². The Morgan fingerprint density at radius 2 is 1.75 bits per heavy atom. The number of aromatic nitrogens is 4. The Bertz CT molecular complexity index is 1470. The summed E-state index contributed by atoms with van der Waals surface area (Å²) in [6.45, 7) is 0.908. The van der Waals surface area contributed by atoms with Gasteiger partial charge in [-0.3, -0.25) is 10.4 Å². The van der Waals surface area contributed by atoms with E-state index >= 15 is 0 Å². The van der Waals surface area contributed by atoms with E-state index in [-0.39, 0.29) is 12.3 Å². The molecule has 0 spiro atoms. The molecule has 4 aromatic rings. The number of fused-ring (bicyclic) bond motifs is 1. The Hall–Kier alpha value is -3.89. The first-order valence-electron chi connectivity index (χ1n) is 13.9. The lowest BCUT2D eigenvalue weighted by Gasteiger charge is -2.30. The molecule has 1 aliphatic carbocycles. The topological polar surface area (TPSA) is 115 Å². The summed E-state index contributed by atoms with van der Waals surface area (Å²) in [4.78, 5) is 9.72. The highest BCUT2D eigenvalue weighted by atomic mass is 16.5. The SMILES string of the molecule is COc1ccc(-c2[nH]nc3nc(Nc4ccccc4C4CCNC(OC)C4)nc(OC4CCCC4)c23)cc1OC. The highest BCUT2D eigenvalue weighted by Crippen LogP contribution is 2.39. The Morgan fingerprint density at radius 3 is 2.55 bits per heavy atom. The predicted molar refractivity (Wildman–Crippen MR) is 154 cm³/mol. The van der Waals surface area contributed by atoms with Crippen LogP contribution in [0.15, 0.2) is 42.5 Å². The molecule has 10 nitrogen and oxygen atoms in total. The monoisotopic (exact) mass is 544 g/mol. The third kappa shape index (κ3) is 5.29. The van der Waals surface area contributed by atoms with Crippen LogP contribution in [0.5, 0.6) is 17.4 Å². The zero-order chi connectivity index (χ0) is 27.5. The van der Waals surface area contributed by atoms with Gasteiger partial charge in [0.05, 0.1) is 19.9 Å². The van der Waals surface area contributed by atoms with Crippen molar-refractivity contribution >= 4 is 22.7 Å². The van der Waals surface area contributed by atoms with Gasteiger partial charge in [0.1, 0.15) is 17.7 Å². The smallest absolute Gasteiger partial charge is 0.232 e. The normalized spacial score (nSPS) is 19.6. The summed E-state index contributed by atoms with van der Waals surface area (Å²) in [5.41, 5.74) is 4.39. The van der Waals surface area contributed by atoms with Crippen LogP contribution in [0.4, 0.5) is 11.6 Å². The van der Waals surface area contributed by atoms with Crippen molar-refractivity contribution in [2.24, 2.45) is 0 Å². The van der Waals surface area contributed by atoms with Gasteiger partial charge < -0.3 is 24.3 Å². The number of anilines is 2. The fourth-order valence-corrected chi connectivity index (χ4v) is 5.83. The van der Waals surface area contributed by atoms with E-state index in [1.165, 1.54) is 5.56 Å². The number of ether oxygens (including phenoxy) is 4. The van der Waals surface area contributed by atoms with Crippen molar-refractivity contribution in [3.8, 4) is 28.6 Å². The standard InChI is InChI=1S/C30H36N6O4/c1-37-23-13-12-19(16-24(23)38-2)27-26-28(36-35-27)33-30(34-29(26)40-20-8-4-5-9-20)32-22-11-7-6-10-21(22)18-14-15-31-25(17-18)39-3/h6-7,10-13,16,18,20,25,31H,4-5,8-9,14-15,17H2,1-3H3,(H2,32,33,34,35,36). The largest absolute Gasteiger partial charge is 0.493 e. The molecule has 2 aliphatic rings. The maximum absolute atomic E-state index is 6.53. The molecular weight excluding hydrogens is 508 g/mol. The van der Waals surface area contributed by atoms with E-state index in [0.717, 1.165) is 67.4 Å². The Labute approximate surface area is 233 Å². The van der Waals surface area contributed by atoms with Crippen molar-refractivity contribution in [1.82, 2.24) is 25.5 Å². The van der Waals surface area contributed by atoms with Crippen LogP contribution in [-0.2, 0) is 4.74 Å². The number of benzene rings is 2. The van der Waals surface area contributed by atoms with Gasteiger partial charge in [0.25, 0.3) is 0 Å². The average Bonchev–Trinajstić information content (AvgIpc) is 3.67. The first kappa shape index (κ1) is 26.3. The highest BCUT2D eigenvalue weighted by molar-refractivity contribution is 5.95. The van der Waals surface area contributed by atoms with Gasteiger partial charge in [-0.25, -0.2) is 0 Å². The molecule has 2 aromatic heterocycles. The fourth-order valence-electron chi connectivity index (χ4n) is 5.83. The molecule has 210 valence electrons. The van der Waals surface area contributed by atoms with E-state index in [1.807, 2.05) is 24.3 Å². The molecule has 10 heteroatoms. The number of methoxy groups -OCH3 is 3. The molecule has 3 N–H and O–H groups in total. The van der Waals surface area contributed by atoms with Crippen LogP contribution < -0.4 is 24.8 Å². The number of aromatic amines is 1. The Morgan fingerprint density at radius 1 is 0.925 bits per heavy atom. The number of H-pyrrole nitrogens is 1. The number of nitrogens with zero attached hydrogens (tertiary/aromatic N) is 3. The van der Waals surface area contributed by atoms with Crippen LogP contribution in [0.2, 0.25) is 0 Å². The van der Waals surface area contributed by atoms with Gasteiger partial charge in [-0.2, -0.15) is 15.1 Å². The quantitative estimate of drug-likeness (QED) is 0.250. The fraction of sp³-hybridized carbons (Fsp3) is 0.433. The molecule has 1 aliphatic heterocycles. The van der Waals surface area contributed by atoms with E-state index < -0.39 is 0 Å². The first-order chi connectivity index (χ1) is 19.7. The molecule has 3 heterocycles. The molecule has 2 aromatic carbocycles. The van der Waals surface area contributed by atoms with Gasteiger partial charge >= 0.3 is 0 Å². The minimum absolute atomic E-state index is 0.0462. The molecule has 2 atom stereocenters. The molecule has 2 fully saturated rings. The van der Waals surface area contributed by atoms with Crippen LogP contribution in [0.3, 0.4) is 0 Å². The van der Waals surface area contributed by atoms with Crippen LogP contribution >= 0.6 is 0 Å². The van der Waals surface area contributed by atoms with E-state index in [4.69, 9.17) is 28.9 Å². The zero-order valence-electron chi connectivity index (χ0n) is 23.2. The van der Waals surface area contributed by atoms with E-state index in [0.29, 0.717) is 34.9 Å². The van der Waals surface area contributed by atoms with Crippen LogP contribution in [0.1, 0.15) is 50.0 Å². The Kier molecular flexibility index (Phi) is 7.70.